The van der Waals surface area contributed by atoms with Crippen LogP contribution in [0.15, 0.2) is 11.5 Å². The second-order valence-corrected chi connectivity index (χ2v) is 3.53. The number of nitrogens with zero attached hydrogens (tertiary/aromatic N) is 3. The molecule has 0 amide bonds. The van der Waals surface area contributed by atoms with Crippen LogP contribution in [0.3, 0.4) is 0 Å². The van der Waals surface area contributed by atoms with Crippen LogP contribution < -0.4 is 0 Å². The van der Waals surface area contributed by atoms with E-state index in [1.54, 1.807) is 4.68 Å². The molecule has 12 heavy (non-hydrogen) atoms. The molecule has 0 radical (unpaired) electrons. The fraction of sp³-hybridized carbons (Fsp3) is 0.714. The van der Waals surface area contributed by atoms with Crippen LogP contribution in [0.4, 0.5) is 0 Å². The molecule has 0 aliphatic heterocycles. The van der Waals surface area contributed by atoms with Gasteiger partial charge in [0.2, 0.25) is 0 Å². The molecule has 1 unspecified atom stereocenters. The summed E-state index contributed by atoms with van der Waals surface area (Å²) in [4.78, 5) is 4.03. The molecule has 1 rings (SSSR count). The number of aryl methyl sites for hydroxylation is 1. The van der Waals surface area contributed by atoms with Crippen molar-refractivity contribution in [3.05, 3.63) is 6.33 Å². The summed E-state index contributed by atoms with van der Waals surface area (Å²) in [6, 6.07) is 0. The van der Waals surface area contributed by atoms with Gasteiger partial charge in [-0.1, -0.05) is 18.7 Å². The second-order valence-electron chi connectivity index (χ2n) is 2.54. The summed E-state index contributed by atoms with van der Waals surface area (Å²) in [7, 11) is 1.84. The average molecular weight is 187 g/mol. The second kappa shape index (κ2) is 4.47. The Kier molecular flexibility index (Phi) is 3.55. The Balaban J connectivity index is 2.38. The first-order chi connectivity index (χ1) is 5.74. The van der Waals surface area contributed by atoms with E-state index in [-0.39, 0.29) is 6.10 Å². The van der Waals surface area contributed by atoms with E-state index in [0.29, 0.717) is 5.75 Å². The Morgan fingerprint density at radius 2 is 2.50 bits per heavy atom. The zero-order valence-electron chi connectivity index (χ0n) is 7.27. The van der Waals surface area contributed by atoms with E-state index in [2.05, 4.69) is 10.1 Å². The zero-order chi connectivity index (χ0) is 8.97. The molecular formula is C7H13N3OS. The van der Waals surface area contributed by atoms with Gasteiger partial charge in [0.05, 0.1) is 6.10 Å². The third-order valence-corrected chi connectivity index (χ3v) is 2.73. The minimum atomic E-state index is -0.244. The van der Waals surface area contributed by atoms with Gasteiger partial charge < -0.3 is 5.11 Å². The number of aliphatic hydroxyl groups is 1. The molecule has 1 N–H and O–H groups in total. The zero-order valence-corrected chi connectivity index (χ0v) is 8.08. The smallest absolute Gasteiger partial charge is 0.185 e. The maximum absolute atomic E-state index is 9.27. The predicted molar refractivity (Wildman–Crippen MR) is 48.0 cm³/mol. The van der Waals surface area contributed by atoms with Crippen molar-refractivity contribution >= 4 is 11.8 Å². The number of rotatable bonds is 4. The Hall–Kier alpha value is -0.550. The molecule has 5 heteroatoms. The number of thioether (sulfide) groups is 1. The molecule has 4 nitrogen and oxygen atoms in total. The first-order valence-electron chi connectivity index (χ1n) is 3.89. The van der Waals surface area contributed by atoms with Gasteiger partial charge in [-0.15, -0.1) is 0 Å². The van der Waals surface area contributed by atoms with Crippen LogP contribution in [0.25, 0.3) is 0 Å². The van der Waals surface area contributed by atoms with Crippen molar-refractivity contribution in [3.8, 4) is 0 Å². The van der Waals surface area contributed by atoms with Crippen LogP contribution >= 0.6 is 11.8 Å². The summed E-state index contributed by atoms with van der Waals surface area (Å²) in [6.45, 7) is 1.96. The molecule has 0 saturated heterocycles. The lowest BCUT2D eigenvalue weighted by Gasteiger charge is -2.05. The molecule has 1 aromatic heterocycles. The van der Waals surface area contributed by atoms with Gasteiger partial charge in [0.1, 0.15) is 6.33 Å². The van der Waals surface area contributed by atoms with Crippen LogP contribution in [-0.4, -0.2) is 31.7 Å². The molecule has 0 saturated carbocycles. The van der Waals surface area contributed by atoms with Crippen molar-refractivity contribution in [2.75, 3.05) is 5.75 Å². The van der Waals surface area contributed by atoms with Gasteiger partial charge in [0.15, 0.2) is 5.16 Å². The Morgan fingerprint density at radius 1 is 1.75 bits per heavy atom. The molecule has 0 aromatic carbocycles. The summed E-state index contributed by atoms with van der Waals surface area (Å²) in [5.74, 6) is 0.684. The highest BCUT2D eigenvalue weighted by molar-refractivity contribution is 7.99. The van der Waals surface area contributed by atoms with Crippen LogP contribution in [0, 0.1) is 0 Å². The van der Waals surface area contributed by atoms with Gasteiger partial charge in [-0.25, -0.2) is 9.67 Å². The highest BCUT2D eigenvalue weighted by Gasteiger charge is 2.05. The van der Waals surface area contributed by atoms with Crippen molar-refractivity contribution in [2.45, 2.75) is 24.6 Å². The van der Waals surface area contributed by atoms with Gasteiger partial charge in [0.25, 0.3) is 0 Å². The first-order valence-corrected chi connectivity index (χ1v) is 4.87. The summed E-state index contributed by atoms with van der Waals surface area (Å²) < 4.78 is 1.70. The normalized spacial score (nSPS) is 13.2. The van der Waals surface area contributed by atoms with Crippen molar-refractivity contribution in [3.63, 3.8) is 0 Å². The minimum absolute atomic E-state index is 0.244. The fourth-order valence-electron chi connectivity index (χ4n) is 0.705. The standard InChI is InChI=1S/C7H13N3OS/c1-3-6(11)4-12-7-8-5-9-10(7)2/h5-6,11H,3-4H2,1-2H3. The lowest BCUT2D eigenvalue weighted by atomic mass is 10.3. The summed E-state index contributed by atoms with van der Waals surface area (Å²) >= 11 is 1.53. The quantitative estimate of drug-likeness (QED) is 0.704. The van der Waals surface area contributed by atoms with E-state index in [4.69, 9.17) is 0 Å². The topological polar surface area (TPSA) is 50.9 Å². The number of aromatic nitrogens is 3. The average Bonchev–Trinajstić information content (AvgIpc) is 2.47. The van der Waals surface area contributed by atoms with E-state index >= 15 is 0 Å². The summed E-state index contributed by atoms with van der Waals surface area (Å²) in [5, 5.41) is 14.0. The molecule has 1 heterocycles. The van der Waals surface area contributed by atoms with Gasteiger partial charge in [-0.2, -0.15) is 5.10 Å². The molecule has 1 aromatic rings. The monoisotopic (exact) mass is 187 g/mol. The van der Waals surface area contributed by atoms with Crippen molar-refractivity contribution in [1.82, 2.24) is 14.8 Å². The maximum atomic E-state index is 9.27. The lowest BCUT2D eigenvalue weighted by Crippen LogP contribution is -2.08. The van der Waals surface area contributed by atoms with E-state index in [9.17, 15) is 5.11 Å². The number of hydrogen-bond donors (Lipinski definition) is 1. The van der Waals surface area contributed by atoms with Crippen LogP contribution in [0.1, 0.15) is 13.3 Å². The minimum Gasteiger partial charge on any atom is -0.392 e. The molecule has 0 aliphatic carbocycles. The van der Waals surface area contributed by atoms with Crippen LogP contribution in [0.2, 0.25) is 0 Å². The molecule has 0 spiro atoms. The molecule has 1 atom stereocenters. The first kappa shape index (κ1) is 9.54. The fourth-order valence-corrected chi connectivity index (χ4v) is 1.64. The maximum Gasteiger partial charge on any atom is 0.185 e. The molecule has 0 fully saturated rings. The SMILES string of the molecule is CCC(O)CSc1ncnn1C. The van der Waals surface area contributed by atoms with Gasteiger partial charge in [-0.05, 0) is 6.42 Å². The molecule has 0 bridgehead atoms. The van der Waals surface area contributed by atoms with Gasteiger partial charge in [0, 0.05) is 12.8 Å². The van der Waals surface area contributed by atoms with Crippen molar-refractivity contribution in [2.24, 2.45) is 7.05 Å². The van der Waals surface area contributed by atoms with E-state index < -0.39 is 0 Å². The molecule has 0 aliphatic rings. The van der Waals surface area contributed by atoms with Crippen LogP contribution in [0.5, 0.6) is 0 Å². The number of aliphatic hydroxyl groups excluding tert-OH is 1. The molecule has 68 valence electrons. The predicted octanol–water partition coefficient (Wildman–Crippen LogP) is 0.678. The summed E-state index contributed by atoms with van der Waals surface area (Å²) in [5.41, 5.74) is 0. The Morgan fingerprint density at radius 3 is 3.00 bits per heavy atom. The highest BCUT2D eigenvalue weighted by Crippen LogP contribution is 2.14. The van der Waals surface area contributed by atoms with E-state index in [0.717, 1.165) is 11.6 Å². The van der Waals surface area contributed by atoms with Gasteiger partial charge >= 0.3 is 0 Å². The van der Waals surface area contributed by atoms with Crippen molar-refractivity contribution < 1.29 is 5.11 Å². The summed E-state index contributed by atoms with van der Waals surface area (Å²) in [6.07, 6.45) is 2.05. The third-order valence-electron chi connectivity index (χ3n) is 1.55. The van der Waals surface area contributed by atoms with E-state index in [1.807, 2.05) is 14.0 Å². The van der Waals surface area contributed by atoms with Crippen molar-refractivity contribution in [1.29, 1.82) is 0 Å². The van der Waals surface area contributed by atoms with Gasteiger partial charge in [-0.3, -0.25) is 0 Å². The van der Waals surface area contributed by atoms with Crippen LogP contribution in [-0.2, 0) is 7.05 Å². The third kappa shape index (κ3) is 2.49. The lowest BCUT2D eigenvalue weighted by molar-refractivity contribution is 0.195. The Labute approximate surface area is 76.0 Å². The molecular weight excluding hydrogens is 174 g/mol. The number of hydrogen-bond acceptors (Lipinski definition) is 4. The Bertz CT molecular complexity index is 238. The van der Waals surface area contributed by atoms with E-state index in [1.165, 1.54) is 18.1 Å². The largest absolute Gasteiger partial charge is 0.392 e. The highest BCUT2D eigenvalue weighted by atomic mass is 32.2.